The van der Waals surface area contributed by atoms with E-state index in [1.54, 1.807) is 12.4 Å². The van der Waals surface area contributed by atoms with E-state index in [4.69, 9.17) is 0 Å². The SMILES string of the molecule is CCC(C)NC(=O)c1cncc(NC2CCCCC2)c1. The Morgan fingerprint density at radius 3 is 2.80 bits per heavy atom. The summed E-state index contributed by atoms with van der Waals surface area (Å²) in [5.41, 5.74) is 1.58. The number of hydrogen-bond acceptors (Lipinski definition) is 3. The van der Waals surface area contributed by atoms with Crippen molar-refractivity contribution < 1.29 is 4.79 Å². The fourth-order valence-electron chi connectivity index (χ4n) is 2.53. The molecule has 0 aromatic carbocycles. The average molecular weight is 275 g/mol. The first-order chi connectivity index (χ1) is 9.69. The monoisotopic (exact) mass is 275 g/mol. The number of carbonyl (C=O) groups excluding carboxylic acids is 1. The number of nitrogens with one attached hydrogen (secondary N) is 2. The van der Waals surface area contributed by atoms with Gasteiger partial charge in [-0.2, -0.15) is 0 Å². The van der Waals surface area contributed by atoms with Gasteiger partial charge in [0, 0.05) is 24.5 Å². The Hall–Kier alpha value is -1.58. The highest BCUT2D eigenvalue weighted by molar-refractivity contribution is 5.94. The highest BCUT2D eigenvalue weighted by Gasteiger charge is 2.14. The summed E-state index contributed by atoms with van der Waals surface area (Å²) in [5.74, 6) is -0.0425. The van der Waals surface area contributed by atoms with Crippen LogP contribution in [0, 0.1) is 0 Å². The summed E-state index contributed by atoms with van der Waals surface area (Å²) in [7, 11) is 0. The Labute approximate surface area is 121 Å². The predicted molar refractivity (Wildman–Crippen MR) is 82.0 cm³/mol. The number of nitrogens with zero attached hydrogens (tertiary/aromatic N) is 1. The molecule has 1 aliphatic carbocycles. The van der Waals surface area contributed by atoms with Gasteiger partial charge in [-0.05, 0) is 32.3 Å². The van der Waals surface area contributed by atoms with Crippen LogP contribution in [0.25, 0.3) is 0 Å². The maximum atomic E-state index is 12.1. The third-order valence-electron chi connectivity index (χ3n) is 3.97. The van der Waals surface area contributed by atoms with Gasteiger partial charge in [0.05, 0.1) is 11.3 Å². The summed E-state index contributed by atoms with van der Waals surface area (Å²) < 4.78 is 0. The molecule has 2 N–H and O–H groups in total. The summed E-state index contributed by atoms with van der Waals surface area (Å²) in [4.78, 5) is 16.3. The first kappa shape index (κ1) is 14.8. The summed E-state index contributed by atoms with van der Waals surface area (Å²) in [6.45, 7) is 4.07. The molecule has 1 fully saturated rings. The molecule has 0 spiro atoms. The number of pyridine rings is 1. The lowest BCUT2D eigenvalue weighted by atomic mass is 9.95. The van der Waals surface area contributed by atoms with Crippen LogP contribution >= 0.6 is 0 Å². The first-order valence-corrected chi connectivity index (χ1v) is 7.71. The van der Waals surface area contributed by atoms with Crippen LogP contribution < -0.4 is 10.6 Å². The average Bonchev–Trinajstić information content (AvgIpc) is 2.48. The normalized spacial score (nSPS) is 17.5. The molecule has 2 rings (SSSR count). The van der Waals surface area contributed by atoms with Gasteiger partial charge < -0.3 is 10.6 Å². The highest BCUT2D eigenvalue weighted by atomic mass is 16.1. The van der Waals surface area contributed by atoms with Crippen molar-refractivity contribution in [2.24, 2.45) is 0 Å². The molecule has 1 aromatic rings. The zero-order valence-electron chi connectivity index (χ0n) is 12.5. The maximum absolute atomic E-state index is 12.1. The van der Waals surface area contributed by atoms with Gasteiger partial charge in [-0.3, -0.25) is 9.78 Å². The second kappa shape index (κ2) is 7.27. The Balaban J connectivity index is 1.97. The van der Waals surface area contributed by atoms with E-state index in [-0.39, 0.29) is 11.9 Å². The molecule has 4 nitrogen and oxygen atoms in total. The molecule has 1 heterocycles. The van der Waals surface area contributed by atoms with E-state index < -0.39 is 0 Å². The van der Waals surface area contributed by atoms with E-state index in [9.17, 15) is 4.79 Å². The van der Waals surface area contributed by atoms with Crippen LogP contribution in [-0.2, 0) is 0 Å². The number of amides is 1. The minimum atomic E-state index is -0.0425. The van der Waals surface area contributed by atoms with Gasteiger partial charge in [0.25, 0.3) is 5.91 Å². The van der Waals surface area contributed by atoms with E-state index in [0.29, 0.717) is 11.6 Å². The zero-order valence-corrected chi connectivity index (χ0v) is 12.5. The molecule has 1 aliphatic rings. The van der Waals surface area contributed by atoms with Gasteiger partial charge in [-0.25, -0.2) is 0 Å². The first-order valence-electron chi connectivity index (χ1n) is 7.71. The van der Waals surface area contributed by atoms with Crippen molar-refractivity contribution in [1.29, 1.82) is 0 Å². The quantitative estimate of drug-likeness (QED) is 0.866. The molecular formula is C16H25N3O. The molecule has 110 valence electrons. The Morgan fingerprint density at radius 1 is 1.35 bits per heavy atom. The Bertz CT molecular complexity index is 441. The van der Waals surface area contributed by atoms with Crippen molar-refractivity contribution in [2.45, 2.75) is 64.5 Å². The van der Waals surface area contributed by atoms with Crippen LogP contribution in [0.4, 0.5) is 5.69 Å². The van der Waals surface area contributed by atoms with Crippen LogP contribution in [0.2, 0.25) is 0 Å². The summed E-state index contributed by atoms with van der Waals surface area (Å²) in [5, 5.41) is 6.47. The molecule has 20 heavy (non-hydrogen) atoms. The van der Waals surface area contributed by atoms with Gasteiger partial charge in [-0.1, -0.05) is 26.2 Å². The van der Waals surface area contributed by atoms with Gasteiger partial charge in [0.2, 0.25) is 0 Å². The molecule has 0 saturated heterocycles. The highest BCUT2D eigenvalue weighted by Crippen LogP contribution is 2.21. The summed E-state index contributed by atoms with van der Waals surface area (Å²) >= 11 is 0. The van der Waals surface area contributed by atoms with E-state index >= 15 is 0 Å². The lowest BCUT2D eigenvalue weighted by molar-refractivity contribution is 0.0939. The summed E-state index contributed by atoms with van der Waals surface area (Å²) in [6.07, 6.45) is 10.7. The minimum Gasteiger partial charge on any atom is -0.381 e. The number of aromatic nitrogens is 1. The standard InChI is InChI=1S/C16H25N3O/c1-3-12(2)18-16(20)13-9-15(11-17-10-13)19-14-7-5-4-6-8-14/h9-12,14,19H,3-8H2,1-2H3,(H,18,20). The van der Waals surface area contributed by atoms with Crippen LogP contribution in [0.1, 0.15) is 62.7 Å². The van der Waals surface area contributed by atoms with Crippen LogP contribution in [0.3, 0.4) is 0 Å². The summed E-state index contributed by atoms with van der Waals surface area (Å²) in [6, 6.07) is 2.62. The van der Waals surface area contributed by atoms with Crippen LogP contribution in [0.5, 0.6) is 0 Å². The lowest BCUT2D eigenvalue weighted by Gasteiger charge is -2.23. The topological polar surface area (TPSA) is 54.0 Å². The van der Waals surface area contributed by atoms with Crippen molar-refractivity contribution in [2.75, 3.05) is 5.32 Å². The van der Waals surface area contributed by atoms with E-state index in [1.807, 2.05) is 13.0 Å². The van der Waals surface area contributed by atoms with E-state index in [1.165, 1.54) is 32.1 Å². The molecule has 0 radical (unpaired) electrons. The molecule has 1 unspecified atom stereocenters. The van der Waals surface area contributed by atoms with E-state index in [0.717, 1.165) is 12.1 Å². The third-order valence-corrected chi connectivity index (χ3v) is 3.97. The van der Waals surface area contributed by atoms with Gasteiger partial charge in [-0.15, -0.1) is 0 Å². The molecule has 1 aromatic heterocycles. The molecule has 1 atom stereocenters. The fraction of sp³-hybridized carbons (Fsp3) is 0.625. The number of rotatable bonds is 5. The second-order valence-electron chi connectivity index (χ2n) is 5.72. The van der Waals surface area contributed by atoms with Crippen molar-refractivity contribution in [3.05, 3.63) is 24.0 Å². The van der Waals surface area contributed by atoms with Crippen molar-refractivity contribution >= 4 is 11.6 Å². The molecule has 0 bridgehead atoms. The van der Waals surface area contributed by atoms with Crippen molar-refractivity contribution in [3.8, 4) is 0 Å². The Morgan fingerprint density at radius 2 is 2.10 bits per heavy atom. The minimum absolute atomic E-state index is 0.0425. The van der Waals surface area contributed by atoms with Crippen LogP contribution in [-0.4, -0.2) is 23.0 Å². The molecule has 1 amide bonds. The number of carbonyl (C=O) groups is 1. The molecule has 0 aliphatic heterocycles. The van der Waals surface area contributed by atoms with Gasteiger partial charge in [0.1, 0.15) is 0 Å². The van der Waals surface area contributed by atoms with Crippen molar-refractivity contribution in [3.63, 3.8) is 0 Å². The maximum Gasteiger partial charge on any atom is 0.253 e. The predicted octanol–water partition coefficient (Wildman–Crippen LogP) is 3.35. The van der Waals surface area contributed by atoms with Gasteiger partial charge >= 0.3 is 0 Å². The number of anilines is 1. The zero-order chi connectivity index (χ0) is 14.4. The molecule has 4 heteroatoms. The second-order valence-corrected chi connectivity index (χ2v) is 5.72. The van der Waals surface area contributed by atoms with Crippen LogP contribution in [0.15, 0.2) is 18.5 Å². The largest absolute Gasteiger partial charge is 0.381 e. The van der Waals surface area contributed by atoms with Gasteiger partial charge in [0.15, 0.2) is 0 Å². The lowest BCUT2D eigenvalue weighted by Crippen LogP contribution is -2.32. The molecular weight excluding hydrogens is 250 g/mol. The Kier molecular flexibility index (Phi) is 5.39. The smallest absolute Gasteiger partial charge is 0.253 e. The van der Waals surface area contributed by atoms with Crippen molar-refractivity contribution in [1.82, 2.24) is 10.3 Å². The number of hydrogen-bond donors (Lipinski definition) is 2. The fourth-order valence-corrected chi connectivity index (χ4v) is 2.53. The van der Waals surface area contributed by atoms with E-state index in [2.05, 4.69) is 22.5 Å². The molecule has 1 saturated carbocycles. The third kappa shape index (κ3) is 4.22.